The Morgan fingerprint density at radius 1 is 1.56 bits per heavy atom. The van der Waals surface area contributed by atoms with E-state index in [0.29, 0.717) is 5.25 Å². The highest BCUT2D eigenvalue weighted by molar-refractivity contribution is 8.00. The van der Waals surface area contributed by atoms with Gasteiger partial charge >= 0.3 is 0 Å². The Morgan fingerprint density at radius 3 is 3.12 bits per heavy atom. The van der Waals surface area contributed by atoms with Crippen LogP contribution in [0.5, 0.6) is 0 Å². The van der Waals surface area contributed by atoms with Crippen LogP contribution in [0.3, 0.4) is 0 Å². The second kappa shape index (κ2) is 5.27. The second-order valence-corrected chi connectivity index (χ2v) is 5.59. The van der Waals surface area contributed by atoms with Crippen molar-refractivity contribution >= 4 is 17.4 Å². The average Bonchev–Trinajstić information content (AvgIpc) is 2.80. The number of nitrogens with one attached hydrogen (secondary N) is 1. The molecule has 2 rings (SSSR count). The lowest BCUT2D eigenvalue weighted by molar-refractivity contribution is 0.805. The van der Waals surface area contributed by atoms with Crippen LogP contribution < -0.4 is 5.32 Å². The maximum atomic E-state index is 9.04. The molecule has 1 N–H and O–H groups in total. The van der Waals surface area contributed by atoms with Gasteiger partial charge in [0.1, 0.15) is 6.07 Å². The highest BCUT2D eigenvalue weighted by atomic mass is 32.2. The summed E-state index contributed by atoms with van der Waals surface area (Å²) in [6.07, 6.45) is 2.63. The smallest absolute Gasteiger partial charge is 0.101 e. The molecule has 0 saturated carbocycles. The number of rotatable bonds is 3. The molecule has 1 aromatic carbocycles. The van der Waals surface area contributed by atoms with Crippen LogP contribution in [0, 0.1) is 18.3 Å². The number of hydrogen-bond acceptors (Lipinski definition) is 3. The van der Waals surface area contributed by atoms with Crippen molar-refractivity contribution in [3.8, 4) is 6.07 Å². The first-order chi connectivity index (χ1) is 7.79. The van der Waals surface area contributed by atoms with Gasteiger partial charge in [-0.15, -0.1) is 0 Å². The van der Waals surface area contributed by atoms with Gasteiger partial charge in [0.2, 0.25) is 0 Å². The van der Waals surface area contributed by atoms with Gasteiger partial charge in [0, 0.05) is 11.8 Å². The Kier molecular flexibility index (Phi) is 3.74. The van der Waals surface area contributed by atoms with Gasteiger partial charge in [-0.3, -0.25) is 0 Å². The Labute approximate surface area is 101 Å². The molecule has 0 bridgehead atoms. The van der Waals surface area contributed by atoms with Crippen molar-refractivity contribution < 1.29 is 0 Å². The Hall–Kier alpha value is -1.14. The van der Waals surface area contributed by atoms with Crippen molar-refractivity contribution in [2.75, 3.05) is 17.6 Å². The fourth-order valence-electron chi connectivity index (χ4n) is 1.93. The molecule has 1 fully saturated rings. The highest BCUT2D eigenvalue weighted by Crippen LogP contribution is 2.26. The average molecular weight is 232 g/mol. The molecular formula is C13H16N2S. The van der Waals surface area contributed by atoms with Crippen LogP contribution in [-0.2, 0) is 0 Å². The van der Waals surface area contributed by atoms with E-state index < -0.39 is 0 Å². The third kappa shape index (κ3) is 2.70. The maximum Gasteiger partial charge on any atom is 0.101 e. The van der Waals surface area contributed by atoms with E-state index in [2.05, 4.69) is 11.4 Å². The monoisotopic (exact) mass is 232 g/mol. The van der Waals surface area contributed by atoms with Gasteiger partial charge in [0.05, 0.1) is 11.3 Å². The second-order valence-electron chi connectivity index (χ2n) is 4.18. The molecule has 1 atom stereocenters. The van der Waals surface area contributed by atoms with E-state index in [4.69, 9.17) is 5.26 Å². The van der Waals surface area contributed by atoms with Gasteiger partial charge in [-0.05, 0) is 43.2 Å². The summed E-state index contributed by atoms with van der Waals surface area (Å²) in [6, 6.07) is 8.23. The summed E-state index contributed by atoms with van der Waals surface area (Å²) in [7, 11) is 0. The van der Waals surface area contributed by atoms with E-state index in [1.54, 1.807) is 0 Å². The zero-order valence-electron chi connectivity index (χ0n) is 9.49. The minimum absolute atomic E-state index is 0.716. The highest BCUT2D eigenvalue weighted by Gasteiger charge is 2.15. The number of thioether (sulfide) groups is 1. The molecule has 2 nitrogen and oxygen atoms in total. The topological polar surface area (TPSA) is 35.8 Å². The van der Waals surface area contributed by atoms with Crippen molar-refractivity contribution in [1.29, 1.82) is 5.26 Å². The molecule has 84 valence electrons. The SMILES string of the molecule is Cc1ccc(NCC2CCCS2)c(C#N)c1. The molecule has 0 aromatic heterocycles. The molecule has 16 heavy (non-hydrogen) atoms. The number of nitrogens with zero attached hydrogens (tertiary/aromatic N) is 1. The number of anilines is 1. The summed E-state index contributed by atoms with van der Waals surface area (Å²) in [5.41, 5.74) is 2.86. The minimum atomic E-state index is 0.716. The summed E-state index contributed by atoms with van der Waals surface area (Å²) in [6.45, 7) is 2.99. The van der Waals surface area contributed by atoms with E-state index in [0.717, 1.165) is 23.4 Å². The normalized spacial score (nSPS) is 19.4. The van der Waals surface area contributed by atoms with Crippen LogP contribution in [0.15, 0.2) is 18.2 Å². The van der Waals surface area contributed by atoms with Crippen LogP contribution >= 0.6 is 11.8 Å². The van der Waals surface area contributed by atoms with Gasteiger partial charge < -0.3 is 5.32 Å². The van der Waals surface area contributed by atoms with E-state index in [1.165, 1.54) is 18.6 Å². The fourth-order valence-corrected chi connectivity index (χ4v) is 3.14. The van der Waals surface area contributed by atoms with Gasteiger partial charge in [-0.25, -0.2) is 0 Å². The Bertz CT molecular complexity index is 403. The predicted molar refractivity (Wildman–Crippen MR) is 69.9 cm³/mol. The van der Waals surface area contributed by atoms with Crippen LogP contribution in [0.25, 0.3) is 0 Å². The molecule has 1 heterocycles. The lowest BCUT2D eigenvalue weighted by atomic mass is 10.1. The number of aryl methyl sites for hydroxylation is 1. The molecule has 0 aliphatic carbocycles. The van der Waals surface area contributed by atoms with Crippen LogP contribution in [0.4, 0.5) is 5.69 Å². The molecule has 3 heteroatoms. The zero-order chi connectivity index (χ0) is 11.4. The first-order valence-electron chi connectivity index (χ1n) is 5.66. The third-order valence-electron chi connectivity index (χ3n) is 2.84. The zero-order valence-corrected chi connectivity index (χ0v) is 10.3. The van der Waals surface area contributed by atoms with Crippen LogP contribution in [-0.4, -0.2) is 17.5 Å². The maximum absolute atomic E-state index is 9.04. The number of benzene rings is 1. The van der Waals surface area contributed by atoms with Crippen molar-refractivity contribution in [1.82, 2.24) is 0 Å². The van der Waals surface area contributed by atoms with Crippen LogP contribution in [0.2, 0.25) is 0 Å². The summed E-state index contributed by atoms with van der Waals surface area (Å²) in [4.78, 5) is 0. The van der Waals surface area contributed by atoms with Crippen molar-refractivity contribution in [3.05, 3.63) is 29.3 Å². The van der Waals surface area contributed by atoms with Crippen LogP contribution in [0.1, 0.15) is 24.0 Å². The molecule has 0 amide bonds. The first-order valence-corrected chi connectivity index (χ1v) is 6.70. The van der Waals surface area contributed by atoms with E-state index in [9.17, 15) is 0 Å². The molecule has 1 aromatic rings. The van der Waals surface area contributed by atoms with Gasteiger partial charge in [0.15, 0.2) is 0 Å². The predicted octanol–water partition coefficient (Wildman–Crippen LogP) is 3.17. The Balaban J connectivity index is 2.00. The molecule has 1 saturated heterocycles. The van der Waals surface area contributed by atoms with Gasteiger partial charge in [-0.2, -0.15) is 17.0 Å². The Morgan fingerprint density at radius 2 is 2.44 bits per heavy atom. The molecule has 1 aliphatic heterocycles. The standard InChI is InChI=1S/C13H16N2S/c1-10-4-5-13(11(7-10)8-14)15-9-12-3-2-6-16-12/h4-5,7,12,15H,2-3,6,9H2,1H3. The largest absolute Gasteiger partial charge is 0.383 e. The van der Waals surface area contributed by atoms with E-state index in [1.807, 2.05) is 36.9 Å². The fraction of sp³-hybridized carbons (Fsp3) is 0.462. The quantitative estimate of drug-likeness (QED) is 0.869. The molecule has 1 unspecified atom stereocenters. The number of hydrogen-bond donors (Lipinski definition) is 1. The summed E-state index contributed by atoms with van der Waals surface area (Å²) >= 11 is 2.03. The van der Waals surface area contributed by atoms with E-state index >= 15 is 0 Å². The molecule has 0 spiro atoms. The lowest BCUT2D eigenvalue weighted by Crippen LogP contribution is -2.14. The summed E-state index contributed by atoms with van der Waals surface area (Å²) in [5.74, 6) is 1.28. The molecule has 0 radical (unpaired) electrons. The van der Waals surface area contributed by atoms with Crippen molar-refractivity contribution in [2.24, 2.45) is 0 Å². The first kappa shape index (κ1) is 11.3. The molecular weight excluding hydrogens is 216 g/mol. The van der Waals surface area contributed by atoms with Crippen molar-refractivity contribution in [3.63, 3.8) is 0 Å². The summed E-state index contributed by atoms with van der Waals surface area (Å²) < 4.78 is 0. The van der Waals surface area contributed by atoms with Gasteiger partial charge in [0.25, 0.3) is 0 Å². The van der Waals surface area contributed by atoms with E-state index in [-0.39, 0.29) is 0 Å². The van der Waals surface area contributed by atoms with Gasteiger partial charge in [-0.1, -0.05) is 6.07 Å². The number of nitriles is 1. The third-order valence-corrected chi connectivity index (χ3v) is 4.24. The molecule has 1 aliphatic rings. The van der Waals surface area contributed by atoms with Crippen molar-refractivity contribution in [2.45, 2.75) is 25.0 Å². The lowest BCUT2D eigenvalue weighted by Gasteiger charge is -2.12. The minimum Gasteiger partial charge on any atom is -0.383 e. The summed E-state index contributed by atoms with van der Waals surface area (Å²) in [5, 5.41) is 13.1.